The van der Waals surface area contributed by atoms with E-state index in [4.69, 9.17) is 0 Å². The summed E-state index contributed by atoms with van der Waals surface area (Å²) in [4.78, 5) is 18.6. The molecular formula is C15H18N2O2S2. The lowest BCUT2D eigenvalue weighted by Gasteiger charge is -2.34. The quantitative estimate of drug-likeness (QED) is 0.945. The minimum atomic E-state index is -0.403. The Morgan fingerprint density at radius 3 is 3.10 bits per heavy atom. The maximum atomic E-state index is 12.3. The molecule has 0 bridgehead atoms. The Labute approximate surface area is 132 Å². The summed E-state index contributed by atoms with van der Waals surface area (Å²) in [6.07, 6.45) is 0.783. The normalized spacial score (nSPS) is 22.5. The van der Waals surface area contributed by atoms with Gasteiger partial charge < -0.3 is 10.0 Å². The number of aliphatic hydroxyl groups excluding tert-OH is 1. The Morgan fingerprint density at radius 2 is 2.38 bits per heavy atom. The van der Waals surface area contributed by atoms with Gasteiger partial charge in [-0.05, 0) is 23.8 Å². The summed E-state index contributed by atoms with van der Waals surface area (Å²) in [7, 11) is 0. The molecule has 1 N–H and O–H groups in total. The van der Waals surface area contributed by atoms with Gasteiger partial charge in [0.25, 0.3) is 0 Å². The minimum absolute atomic E-state index is 0.0584. The number of thiophene rings is 1. The lowest BCUT2D eigenvalue weighted by molar-refractivity contribution is -0.134. The standard InChI is InChI=1S/C15H18N2O2S2/c1-10-2-4-17(7-13(10)18)14(19)6-12-9-21-15(16-12)11-3-5-20-8-11/h3,5,8-10,13,18H,2,4,6-7H2,1H3. The number of hydrogen-bond donors (Lipinski definition) is 1. The Hall–Kier alpha value is -1.24. The lowest BCUT2D eigenvalue weighted by Crippen LogP contribution is -2.46. The van der Waals surface area contributed by atoms with Gasteiger partial charge in [-0.2, -0.15) is 11.3 Å². The average Bonchev–Trinajstić information content (AvgIpc) is 3.12. The molecule has 0 aliphatic carbocycles. The van der Waals surface area contributed by atoms with E-state index in [1.54, 1.807) is 27.6 Å². The molecule has 112 valence electrons. The number of carbonyl (C=O) groups excluding carboxylic acids is 1. The summed E-state index contributed by atoms with van der Waals surface area (Å²) >= 11 is 3.22. The number of aromatic nitrogens is 1. The predicted molar refractivity (Wildman–Crippen MR) is 85.5 cm³/mol. The number of nitrogens with zero attached hydrogens (tertiary/aromatic N) is 2. The fraction of sp³-hybridized carbons (Fsp3) is 0.467. The molecule has 21 heavy (non-hydrogen) atoms. The Bertz CT molecular complexity index is 609. The topological polar surface area (TPSA) is 53.4 Å². The summed E-state index contributed by atoms with van der Waals surface area (Å²) in [6, 6.07) is 2.04. The van der Waals surface area contributed by atoms with Crippen LogP contribution in [0.2, 0.25) is 0 Å². The van der Waals surface area contributed by atoms with E-state index >= 15 is 0 Å². The van der Waals surface area contributed by atoms with E-state index in [0.29, 0.717) is 13.0 Å². The van der Waals surface area contributed by atoms with Crippen LogP contribution in [0.1, 0.15) is 19.0 Å². The van der Waals surface area contributed by atoms with Gasteiger partial charge in [0.05, 0.1) is 18.2 Å². The number of likely N-dealkylation sites (tertiary alicyclic amines) is 1. The van der Waals surface area contributed by atoms with Crippen LogP contribution in [-0.2, 0) is 11.2 Å². The highest BCUT2D eigenvalue weighted by Crippen LogP contribution is 2.26. The van der Waals surface area contributed by atoms with Crippen LogP contribution in [0.25, 0.3) is 10.6 Å². The molecule has 1 saturated heterocycles. The first-order valence-corrected chi connectivity index (χ1v) is 8.88. The van der Waals surface area contributed by atoms with Crippen LogP contribution in [0.5, 0.6) is 0 Å². The second-order valence-corrected chi connectivity index (χ2v) is 7.14. The summed E-state index contributed by atoms with van der Waals surface area (Å²) in [5.41, 5.74) is 1.94. The van der Waals surface area contributed by atoms with E-state index in [1.807, 2.05) is 23.8 Å². The van der Waals surface area contributed by atoms with Gasteiger partial charge in [-0.1, -0.05) is 6.92 Å². The monoisotopic (exact) mass is 322 g/mol. The second kappa shape index (κ2) is 6.25. The van der Waals surface area contributed by atoms with E-state index in [1.165, 1.54) is 0 Å². The van der Waals surface area contributed by atoms with E-state index in [2.05, 4.69) is 10.4 Å². The first kappa shape index (κ1) is 14.7. The Kier molecular flexibility index (Phi) is 4.37. The van der Waals surface area contributed by atoms with E-state index < -0.39 is 6.10 Å². The molecule has 2 aromatic heterocycles. The lowest BCUT2D eigenvalue weighted by atomic mass is 9.96. The van der Waals surface area contributed by atoms with Gasteiger partial charge in [0.2, 0.25) is 5.91 Å². The highest BCUT2D eigenvalue weighted by molar-refractivity contribution is 7.14. The SMILES string of the molecule is CC1CCN(C(=O)Cc2csc(-c3ccsc3)n2)CC1O. The largest absolute Gasteiger partial charge is 0.391 e. The van der Waals surface area contributed by atoms with Gasteiger partial charge in [-0.3, -0.25) is 4.79 Å². The summed E-state index contributed by atoms with van der Waals surface area (Å²) in [5, 5.41) is 16.9. The molecule has 1 fully saturated rings. The summed E-state index contributed by atoms with van der Waals surface area (Å²) < 4.78 is 0. The predicted octanol–water partition coefficient (Wildman–Crippen LogP) is 2.64. The van der Waals surface area contributed by atoms with Crippen molar-refractivity contribution in [2.75, 3.05) is 13.1 Å². The zero-order valence-electron chi connectivity index (χ0n) is 11.9. The van der Waals surface area contributed by atoms with Crippen molar-refractivity contribution in [1.82, 2.24) is 9.88 Å². The van der Waals surface area contributed by atoms with Gasteiger partial charge >= 0.3 is 0 Å². The van der Waals surface area contributed by atoms with Gasteiger partial charge in [0.1, 0.15) is 5.01 Å². The fourth-order valence-corrected chi connectivity index (χ4v) is 3.98. The highest BCUT2D eigenvalue weighted by atomic mass is 32.1. The third-order valence-electron chi connectivity index (χ3n) is 3.92. The molecule has 1 amide bonds. The number of rotatable bonds is 3. The molecule has 2 aromatic rings. The van der Waals surface area contributed by atoms with Gasteiger partial charge in [-0.15, -0.1) is 11.3 Å². The number of hydrogen-bond acceptors (Lipinski definition) is 5. The second-order valence-electron chi connectivity index (χ2n) is 5.51. The van der Waals surface area contributed by atoms with Crippen molar-refractivity contribution in [3.8, 4) is 10.6 Å². The van der Waals surface area contributed by atoms with Crippen LogP contribution < -0.4 is 0 Å². The zero-order chi connectivity index (χ0) is 14.8. The third-order valence-corrected chi connectivity index (χ3v) is 5.55. The van der Waals surface area contributed by atoms with Gasteiger partial charge in [0, 0.05) is 29.4 Å². The van der Waals surface area contributed by atoms with Crippen molar-refractivity contribution in [3.63, 3.8) is 0 Å². The molecule has 1 aliphatic rings. The maximum Gasteiger partial charge on any atom is 0.228 e. The summed E-state index contributed by atoms with van der Waals surface area (Å²) in [6.45, 7) is 3.21. The van der Waals surface area contributed by atoms with Crippen molar-refractivity contribution in [1.29, 1.82) is 0 Å². The number of carbonyl (C=O) groups is 1. The molecule has 4 nitrogen and oxygen atoms in total. The van der Waals surface area contributed by atoms with Gasteiger partial charge in [-0.25, -0.2) is 4.98 Å². The number of thiazole rings is 1. The van der Waals surface area contributed by atoms with E-state index in [-0.39, 0.29) is 11.8 Å². The molecule has 0 aromatic carbocycles. The molecule has 3 heterocycles. The minimum Gasteiger partial charge on any atom is -0.391 e. The molecular weight excluding hydrogens is 304 g/mol. The van der Waals surface area contributed by atoms with Crippen molar-refractivity contribution >= 4 is 28.6 Å². The number of aliphatic hydroxyl groups is 1. The van der Waals surface area contributed by atoms with Crippen molar-refractivity contribution in [2.45, 2.75) is 25.9 Å². The number of β-amino-alcohol motifs (C(OH)–C–C–N with tert-alkyl or cyclic N) is 1. The molecule has 3 rings (SSSR count). The van der Waals surface area contributed by atoms with E-state index in [9.17, 15) is 9.90 Å². The van der Waals surface area contributed by atoms with E-state index in [0.717, 1.165) is 29.2 Å². The van der Waals surface area contributed by atoms with Crippen molar-refractivity contribution in [2.24, 2.45) is 5.92 Å². The Morgan fingerprint density at radius 1 is 1.52 bits per heavy atom. The molecule has 6 heteroatoms. The van der Waals surface area contributed by atoms with Gasteiger partial charge in [0.15, 0.2) is 0 Å². The zero-order valence-corrected chi connectivity index (χ0v) is 13.5. The highest BCUT2D eigenvalue weighted by Gasteiger charge is 2.27. The molecule has 0 saturated carbocycles. The molecule has 2 atom stereocenters. The van der Waals surface area contributed by atoms with Crippen LogP contribution in [0, 0.1) is 5.92 Å². The van der Waals surface area contributed by atoms with Crippen LogP contribution >= 0.6 is 22.7 Å². The first-order valence-electron chi connectivity index (χ1n) is 7.06. The van der Waals surface area contributed by atoms with Crippen LogP contribution in [0.4, 0.5) is 0 Å². The number of amides is 1. The molecule has 1 aliphatic heterocycles. The molecule has 2 unspecified atom stereocenters. The Balaban J connectivity index is 1.63. The number of piperidine rings is 1. The fourth-order valence-electron chi connectivity index (χ4n) is 2.45. The summed E-state index contributed by atoms with van der Waals surface area (Å²) in [5.74, 6) is 0.335. The van der Waals surface area contributed by atoms with Crippen LogP contribution in [-0.4, -0.2) is 40.1 Å². The third kappa shape index (κ3) is 3.33. The van der Waals surface area contributed by atoms with Crippen molar-refractivity contribution in [3.05, 3.63) is 27.9 Å². The molecule has 0 radical (unpaired) electrons. The van der Waals surface area contributed by atoms with Crippen LogP contribution in [0.15, 0.2) is 22.2 Å². The first-order chi connectivity index (χ1) is 10.1. The average molecular weight is 322 g/mol. The maximum absolute atomic E-state index is 12.3. The van der Waals surface area contributed by atoms with Crippen molar-refractivity contribution < 1.29 is 9.90 Å². The van der Waals surface area contributed by atoms with Crippen LogP contribution in [0.3, 0.4) is 0 Å². The molecule has 0 spiro atoms. The smallest absolute Gasteiger partial charge is 0.228 e.